The number of carbonyl (C=O) groups excluding carboxylic acids is 4. The minimum Gasteiger partial charge on any atom is -0.359 e. The van der Waals surface area contributed by atoms with Crippen LogP contribution >= 0.6 is 0 Å². The van der Waals surface area contributed by atoms with Crippen molar-refractivity contribution in [2.24, 2.45) is 0 Å². The number of ketones is 2. The Morgan fingerprint density at radius 2 is 1.22 bits per heavy atom. The maximum atomic E-state index is 10.6. The lowest BCUT2D eigenvalue weighted by Gasteiger charge is -2.00. The van der Waals surface area contributed by atoms with Gasteiger partial charge in [0.2, 0.25) is 11.8 Å². The molecule has 0 radical (unpaired) electrons. The molecule has 0 aliphatic rings. The molecule has 37 heavy (non-hydrogen) atoms. The van der Waals surface area contributed by atoms with Crippen molar-refractivity contribution in [2.45, 2.75) is 33.6 Å². The molecule has 2 amide bonds. The Morgan fingerprint density at radius 1 is 0.757 bits per heavy atom. The number of aromatic amines is 1. The molecule has 0 saturated heterocycles. The minimum atomic E-state index is -0.234. The molecule has 0 unspecified atom stereocenters. The minimum absolute atomic E-state index is 0.00347. The van der Waals surface area contributed by atoms with Crippen molar-refractivity contribution in [1.82, 2.24) is 31.2 Å². The maximum Gasteiger partial charge on any atom is 0.228 e. The highest BCUT2D eigenvalue weighted by molar-refractivity contribution is 5.97. The van der Waals surface area contributed by atoms with Gasteiger partial charge in [-0.3, -0.25) is 19.2 Å². The highest BCUT2D eigenvalue weighted by Gasteiger charge is 2.02. The molecule has 0 atom stereocenters. The first kappa shape index (κ1) is 35.3. The number of Topliss-reactive ketones (excluding diaryl/α,β-unsaturated/α-hetero) is 2. The summed E-state index contributed by atoms with van der Waals surface area (Å²) >= 11 is 0. The predicted octanol–water partition coefficient (Wildman–Crippen LogP) is 2.36. The number of benzene rings is 2. The Bertz CT molecular complexity index is 962. The van der Waals surface area contributed by atoms with E-state index in [1.165, 1.54) is 20.9 Å². The van der Waals surface area contributed by atoms with E-state index in [1.807, 2.05) is 81.7 Å². The number of amides is 2. The number of hydrogen-bond acceptors (Lipinski definition) is 7. The number of carbonyl (C=O) groups is 4. The van der Waals surface area contributed by atoms with Crippen LogP contribution in [0.4, 0.5) is 0 Å². The van der Waals surface area contributed by atoms with Gasteiger partial charge in [-0.2, -0.15) is 0 Å². The number of nitrogens with one attached hydrogen (secondary N) is 5. The fraction of sp³-hybridized carbons (Fsp3) is 0.370. The molecule has 3 aromatic rings. The fourth-order valence-electron chi connectivity index (χ4n) is 2.26. The van der Waals surface area contributed by atoms with Gasteiger partial charge in [-0.15, -0.1) is 0 Å². The van der Waals surface area contributed by atoms with Crippen LogP contribution < -0.4 is 21.3 Å². The number of aryl methyl sites for hydroxylation is 1. The highest BCUT2D eigenvalue weighted by atomic mass is 16.2. The summed E-state index contributed by atoms with van der Waals surface area (Å²) in [6.07, 6.45) is -0.0296. The highest BCUT2D eigenvalue weighted by Crippen LogP contribution is 2.08. The van der Waals surface area contributed by atoms with Gasteiger partial charge in [-0.1, -0.05) is 48.5 Å². The van der Waals surface area contributed by atoms with Crippen LogP contribution in [0.3, 0.4) is 0 Å². The molecule has 2 aromatic carbocycles. The zero-order valence-corrected chi connectivity index (χ0v) is 23.0. The first-order chi connectivity index (χ1) is 17.6. The Balaban J connectivity index is 0. The Labute approximate surface area is 220 Å². The zero-order chi connectivity index (χ0) is 28.5. The number of fused-ring (bicyclic) bond motifs is 1. The van der Waals surface area contributed by atoms with Crippen LogP contribution in [-0.4, -0.2) is 68.2 Å². The van der Waals surface area contributed by atoms with Crippen molar-refractivity contribution in [2.75, 3.05) is 34.9 Å². The monoisotopic (exact) mass is 514 g/mol. The second-order valence-corrected chi connectivity index (χ2v) is 7.56. The third kappa shape index (κ3) is 23.6. The van der Waals surface area contributed by atoms with E-state index in [9.17, 15) is 19.2 Å². The first-order valence-electron chi connectivity index (χ1n) is 11.7. The first-order valence-corrected chi connectivity index (χ1v) is 11.7. The van der Waals surface area contributed by atoms with Crippen molar-refractivity contribution in [3.05, 3.63) is 66.5 Å². The molecule has 5 N–H and O–H groups in total. The van der Waals surface area contributed by atoms with E-state index >= 15 is 0 Å². The van der Waals surface area contributed by atoms with Crippen LogP contribution in [0.2, 0.25) is 0 Å². The molecule has 0 aliphatic carbocycles. The molecule has 10 nitrogen and oxygen atoms in total. The van der Waals surface area contributed by atoms with Crippen molar-refractivity contribution >= 4 is 34.4 Å². The molecule has 1 aromatic heterocycles. The topological polar surface area (TPSA) is 145 Å². The zero-order valence-electron chi connectivity index (χ0n) is 23.0. The van der Waals surface area contributed by atoms with Gasteiger partial charge in [0.25, 0.3) is 0 Å². The lowest BCUT2D eigenvalue weighted by Crippen LogP contribution is -2.32. The van der Waals surface area contributed by atoms with Crippen LogP contribution in [0.25, 0.3) is 11.0 Å². The summed E-state index contributed by atoms with van der Waals surface area (Å²) in [7, 11) is 6.97. The Morgan fingerprint density at radius 3 is 1.59 bits per heavy atom. The van der Waals surface area contributed by atoms with E-state index < -0.39 is 0 Å². The number of para-hydroxylation sites is 2. The van der Waals surface area contributed by atoms with Gasteiger partial charge in [0.1, 0.15) is 17.4 Å². The van der Waals surface area contributed by atoms with Crippen LogP contribution in [-0.2, 0) is 19.2 Å². The lowest BCUT2D eigenvalue weighted by molar-refractivity contribution is -0.128. The van der Waals surface area contributed by atoms with E-state index in [-0.39, 0.29) is 36.2 Å². The summed E-state index contributed by atoms with van der Waals surface area (Å²) in [5.74, 6) is 0.290. The molecule has 0 bridgehead atoms. The van der Waals surface area contributed by atoms with E-state index in [2.05, 4.69) is 31.2 Å². The van der Waals surface area contributed by atoms with Crippen LogP contribution in [0.1, 0.15) is 32.5 Å². The third-order valence-corrected chi connectivity index (χ3v) is 3.73. The van der Waals surface area contributed by atoms with Crippen molar-refractivity contribution < 1.29 is 19.2 Å². The standard InChI is InChI=1S/C8H8N2.C6H12N2O2.C6H6.C5H9NO2.C2H7N/c1-6-9-7-4-2-3-5-8(7)10-6;1-5(9)3-6(10)8-4-7-2;1-2-4-6-5-3-1;1-4(7)3-5(8)6-2;1-3-2/h2-5H,1H3,(H,9,10);7H,3-4H2,1-2H3,(H,8,10);1-6H;3H2,1-2H3,(H,6,8);3H,1-2H3. The molecule has 10 heteroatoms. The second kappa shape index (κ2) is 23.8. The van der Waals surface area contributed by atoms with E-state index in [1.54, 1.807) is 7.05 Å². The number of imidazole rings is 1. The quantitative estimate of drug-likeness (QED) is 0.251. The smallest absolute Gasteiger partial charge is 0.228 e. The van der Waals surface area contributed by atoms with Crippen LogP contribution in [0.15, 0.2) is 60.7 Å². The van der Waals surface area contributed by atoms with Gasteiger partial charge < -0.3 is 26.3 Å². The van der Waals surface area contributed by atoms with Gasteiger partial charge in [-0.25, -0.2) is 4.98 Å². The SMILES string of the molecule is CNC.CNC(=O)CC(C)=O.CNCNC(=O)CC(C)=O.Cc1nc2ccccc2[nH]1.c1ccccc1. The molecule has 204 valence electrons. The van der Waals surface area contributed by atoms with Gasteiger partial charge in [0.15, 0.2) is 0 Å². The number of nitrogens with zero attached hydrogens (tertiary/aromatic N) is 1. The average molecular weight is 515 g/mol. The number of hydrogen-bond donors (Lipinski definition) is 5. The van der Waals surface area contributed by atoms with Crippen LogP contribution in [0.5, 0.6) is 0 Å². The number of H-pyrrole nitrogens is 1. The second-order valence-electron chi connectivity index (χ2n) is 7.56. The largest absolute Gasteiger partial charge is 0.359 e. The summed E-state index contributed by atoms with van der Waals surface area (Å²) in [5.41, 5.74) is 2.15. The molecule has 3 rings (SSSR count). The normalized spacial score (nSPS) is 8.84. The van der Waals surface area contributed by atoms with E-state index in [0.717, 1.165) is 16.9 Å². The fourth-order valence-corrected chi connectivity index (χ4v) is 2.26. The van der Waals surface area contributed by atoms with Crippen molar-refractivity contribution in [3.8, 4) is 0 Å². The number of rotatable bonds is 6. The third-order valence-electron chi connectivity index (χ3n) is 3.73. The lowest BCUT2D eigenvalue weighted by atomic mass is 10.3. The summed E-state index contributed by atoms with van der Waals surface area (Å²) in [5, 5.41) is 10.3. The van der Waals surface area contributed by atoms with Gasteiger partial charge in [-0.05, 0) is 54.0 Å². The average Bonchev–Trinajstić information content (AvgIpc) is 3.25. The molecule has 0 spiro atoms. The number of aromatic nitrogens is 2. The van der Waals surface area contributed by atoms with Gasteiger partial charge in [0, 0.05) is 7.05 Å². The van der Waals surface area contributed by atoms with Gasteiger partial charge >= 0.3 is 0 Å². The maximum absolute atomic E-state index is 10.6. The molecule has 0 saturated carbocycles. The molecule has 0 fully saturated rings. The van der Waals surface area contributed by atoms with Crippen LogP contribution in [0, 0.1) is 6.92 Å². The van der Waals surface area contributed by atoms with Crippen molar-refractivity contribution in [3.63, 3.8) is 0 Å². The van der Waals surface area contributed by atoms with E-state index in [0.29, 0.717) is 6.67 Å². The summed E-state index contributed by atoms with van der Waals surface area (Å²) in [4.78, 5) is 48.8. The summed E-state index contributed by atoms with van der Waals surface area (Å²) in [6.45, 7) is 5.14. The summed E-state index contributed by atoms with van der Waals surface area (Å²) < 4.78 is 0. The molecule has 0 aliphatic heterocycles. The predicted molar refractivity (Wildman–Crippen MR) is 149 cm³/mol. The molecule has 1 heterocycles. The van der Waals surface area contributed by atoms with Crippen molar-refractivity contribution in [1.29, 1.82) is 0 Å². The summed E-state index contributed by atoms with van der Waals surface area (Å²) in [6, 6.07) is 20.0. The molecular formula is C27H42N6O4. The Hall–Kier alpha value is -3.89. The van der Waals surface area contributed by atoms with Gasteiger partial charge in [0.05, 0.1) is 30.5 Å². The van der Waals surface area contributed by atoms with E-state index in [4.69, 9.17) is 0 Å². The Kier molecular flexibility index (Phi) is 22.7. The molecular weight excluding hydrogens is 472 g/mol.